The Morgan fingerprint density at radius 1 is 1.24 bits per heavy atom. The van der Waals surface area contributed by atoms with Crippen molar-refractivity contribution in [2.75, 3.05) is 32.8 Å². The van der Waals surface area contributed by atoms with E-state index in [1.54, 1.807) is 12.1 Å². The van der Waals surface area contributed by atoms with Crippen molar-refractivity contribution in [3.8, 4) is 11.5 Å². The predicted molar refractivity (Wildman–Crippen MR) is 87.9 cm³/mol. The average molecular weight is 380 g/mol. The normalized spacial score (nSPS) is 12.5. The summed E-state index contributed by atoms with van der Waals surface area (Å²) in [6, 6.07) is 3.47. The van der Waals surface area contributed by atoms with Crippen molar-refractivity contribution in [2.24, 2.45) is 0 Å². The lowest BCUT2D eigenvalue weighted by Gasteiger charge is -2.20. The van der Waals surface area contributed by atoms with Gasteiger partial charge in [0.25, 0.3) is 5.91 Å². The maximum absolute atomic E-state index is 12.1. The van der Waals surface area contributed by atoms with Gasteiger partial charge < -0.3 is 20.1 Å². The summed E-state index contributed by atoms with van der Waals surface area (Å²) in [6.07, 6.45) is 1.09. The molecular formula is C14H20BrClN2O3. The molecule has 1 aromatic carbocycles. The molecule has 1 amide bonds. The molecule has 1 aliphatic heterocycles. The van der Waals surface area contributed by atoms with Gasteiger partial charge in [-0.3, -0.25) is 4.79 Å². The SMILES string of the molecule is CCCNCCNC(=O)c1cc(Br)c2c(c1)OCCO2.Cl. The Bertz CT molecular complexity index is 486. The van der Waals surface area contributed by atoms with Crippen molar-refractivity contribution in [1.82, 2.24) is 10.6 Å². The second-order valence-electron chi connectivity index (χ2n) is 4.49. The molecule has 0 fully saturated rings. The molecule has 2 rings (SSSR count). The summed E-state index contributed by atoms with van der Waals surface area (Å²) >= 11 is 3.41. The van der Waals surface area contributed by atoms with E-state index in [0.717, 1.165) is 24.0 Å². The third kappa shape index (κ3) is 5.05. The Morgan fingerprint density at radius 2 is 2.00 bits per heavy atom. The summed E-state index contributed by atoms with van der Waals surface area (Å²) in [6.45, 7) is 5.48. The zero-order valence-electron chi connectivity index (χ0n) is 11.9. The standard InChI is InChI=1S/C14H19BrN2O3.ClH/c1-2-3-16-4-5-17-14(18)10-8-11(15)13-12(9-10)19-6-7-20-13;/h8-9,16H,2-7H2,1H3,(H,17,18);1H. The lowest BCUT2D eigenvalue weighted by Crippen LogP contribution is -2.32. The smallest absolute Gasteiger partial charge is 0.251 e. The number of rotatable bonds is 6. The average Bonchev–Trinajstić information content (AvgIpc) is 2.47. The molecule has 0 unspecified atom stereocenters. The third-order valence-electron chi connectivity index (χ3n) is 2.87. The first kappa shape index (κ1) is 18.1. The van der Waals surface area contributed by atoms with E-state index in [0.29, 0.717) is 36.8 Å². The van der Waals surface area contributed by atoms with E-state index in [2.05, 4.69) is 33.5 Å². The topological polar surface area (TPSA) is 59.6 Å². The minimum absolute atomic E-state index is 0. The summed E-state index contributed by atoms with van der Waals surface area (Å²) in [4.78, 5) is 12.1. The van der Waals surface area contributed by atoms with Crippen LogP contribution in [0.2, 0.25) is 0 Å². The quantitative estimate of drug-likeness (QED) is 0.745. The van der Waals surface area contributed by atoms with Gasteiger partial charge in [-0.2, -0.15) is 0 Å². The molecule has 0 aliphatic carbocycles. The molecule has 2 N–H and O–H groups in total. The van der Waals surface area contributed by atoms with Crippen molar-refractivity contribution < 1.29 is 14.3 Å². The molecule has 5 nitrogen and oxygen atoms in total. The van der Waals surface area contributed by atoms with Gasteiger partial charge in [-0.05, 0) is 41.0 Å². The molecule has 7 heteroatoms. The molecule has 1 heterocycles. The summed E-state index contributed by atoms with van der Waals surface area (Å²) in [5.74, 6) is 1.17. The van der Waals surface area contributed by atoms with Crippen molar-refractivity contribution >= 4 is 34.2 Å². The van der Waals surface area contributed by atoms with Crippen LogP contribution in [0.15, 0.2) is 16.6 Å². The molecule has 0 atom stereocenters. The fraction of sp³-hybridized carbons (Fsp3) is 0.500. The van der Waals surface area contributed by atoms with Crippen LogP contribution >= 0.6 is 28.3 Å². The van der Waals surface area contributed by atoms with Gasteiger partial charge in [-0.15, -0.1) is 12.4 Å². The number of halogens is 2. The zero-order chi connectivity index (χ0) is 14.4. The van der Waals surface area contributed by atoms with E-state index in [4.69, 9.17) is 9.47 Å². The molecule has 21 heavy (non-hydrogen) atoms. The Kier molecular flexibility index (Phi) is 7.85. The van der Waals surface area contributed by atoms with E-state index in [1.807, 2.05) is 0 Å². The first-order chi connectivity index (χ1) is 9.72. The van der Waals surface area contributed by atoms with E-state index in [1.165, 1.54) is 0 Å². The van der Waals surface area contributed by atoms with Crippen LogP contribution in [0.4, 0.5) is 0 Å². The third-order valence-corrected chi connectivity index (χ3v) is 3.46. The summed E-state index contributed by atoms with van der Waals surface area (Å²) in [5, 5.41) is 6.11. The van der Waals surface area contributed by atoms with Gasteiger partial charge in [0.2, 0.25) is 0 Å². The van der Waals surface area contributed by atoms with Crippen molar-refractivity contribution in [2.45, 2.75) is 13.3 Å². The number of carbonyl (C=O) groups excluding carboxylic acids is 1. The number of carbonyl (C=O) groups is 1. The minimum atomic E-state index is -0.110. The van der Waals surface area contributed by atoms with Gasteiger partial charge in [0.15, 0.2) is 11.5 Å². The maximum Gasteiger partial charge on any atom is 0.251 e. The van der Waals surface area contributed by atoms with E-state index < -0.39 is 0 Å². The lowest BCUT2D eigenvalue weighted by molar-refractivity contribution is 0.0952. The van der Waals surface area contributed by atoms with Crippen LogP contribution in [0.1, 0.15) is 23.7 Å². The molecule has 1 aromatic rings. The fourth-order valence-corrected chi connectivity index (χ4v) is 2.47. The monoisotopic (exact) mass is 378 g/mol. The first-order valence-electron chi connectivity index (χ1n) is 6.80. The highest BCUT2D eigenvalue weighted by atomic mass is 79.9. The number of nitrogens with one attached hydrogen (secondary N) is 2. The van der Waals surface area contributed by atoms with Gasteiger partial charge in [-0.25, -0.2) is 0 Å². The number of benzene rings is 1. The second kappa shape index (κ2) is 9.12. The highest BCUT2D eigenvalue weighted by Crippen LogP contribution is 2.38. The number of ether oxygens (including phenoxy) is 2. The van der Waals surface area contributed by atoms with Crippen LogP contribution in [0.3, 0.4) is 0 Å². The Hall–Kier alpha value is -0.980. The van der Waals surface area contributed by atoms with Crippen molar-refractivity contribution in [1.29, 1.82) is 0 Å². The fourth-order valence-electron chi connectivity index (χ4n) is 1.91. The highest BCUT2D eigenvalue weighted by molar-refractivity contribution is 9.10. The number of hydrogen-bond acceptors (Lipinski definition) is 4. The van der Waals surface area contributed by atoms with E-state index in [9.17, 15) is 4.79 Å². The van der Waals surface area contributed by atoms with Gasteiger partial charge >= 0.3 is 0 Å². The molecule has 0 aromatic heterocycles. The predicted octanol–water partition coefficient (Wildman–Crippen LogP) is 2.37. The number of hydrogen-bond donors (Lipinski definition) is 2. The summed E-state index contributed by atoms with van der Waals surface area (Å²) in [7, 11) is 0. The molecule has 0 spiro atoms. The van der Waals surface area contributed by atoms with Gasteiger partial charge in [0.1, 0.15) is 13.2 Å². The molecule has 0 bridgehead atoms. The molecule has 1 aliphatic rings. The van der Waals surface area contributed by atoms with E-state index >= 15 is 0 Å². The summed E-state index contributed by atoms with van der Waals surface area (Å²) in [5.41, 5.74) is 0.566. The Balaban J connectivity index is 0.00000220. The molecular weight excluding hydrogens is 360 g/mol. The van der Waals surface area contributed by atoms with Crippen LogP contribution in [-0.2, 0) is 0 Å². The van der Waals surface area contributed by atoms with Crippen LogP contribution < -0.4 is 20.1 Å². The zero-order valence-corrected chi connectivity index (χ0v) is 14.3. The van der Waals surface area contributed by atoms with E-state index in [-0.39, 0.29) is 18.3 Å². The van der Waals surface area contributed by atoms with Crippen LogP contribution in [0.5, 0.6) is 11.5 Å². The molecule has 0 radical (unpaired) electrons. The second-order valence-corrected chi connectivity index (χ2v) is 5.34. The van der Waals surface area contributed by atoms with Crippen molar-refractivity contribution in [3.63, 3.8) is 0 Å². The molecule has 0 saturated heterocycles. The highest BCUT2D eigenvalue weighted by Gasteiger charge is 2.18. The van der Waals surface area contributed by atoms with Gasteiger partial charge in [0.05, 0.1) is 4.47 Å². The lowest BCUT2D eigenvalue weighted by atomic mass is 10.2. The number of fused-ring (bicyclic) bond motifs is 1. The molecule has 118 valence electrons. The van der Waals surface area contributed by atoms with Crippen LogP contribution in [-0.4, -0.2) is 38.8 Å². The van der Waals surface area contributed by atoms with Crippen LogP contribution in [0.25, 0.3) is 0 Å². The van der Waals surface area contributed by atoms with Gasteiger partial charge in [0, 0.05) is 18.7 Å². The summed E-state index contributed by atoms with van der Waals surface area (Å²) < 4.78 is 11.7. The Morgan fingerprint density at radius 3 is 2.76 bits per heavy atom. The minimum Gasteiger partial charge on any atom is -0.486 e. The van der Waals surface area contributed by atoms with Crippen molar-refractivity contribution in [3.05, 3.63) is 22.2 Å². The van der Waals surface area contributed by atoms with Gasteiger partial charge in [-0.1, -0.05) is 6.92 Å². The molecule has 0 saturated carbocycles. The van der Waals surface area contributed by atoms with Crippen LogP contribution in [0, 0.1) is 0 Å². The largest absolute Gasteiger partial charge is 0.486 e. The Labute approximate surface area is 139 Å². The number of amides is 1. The first-order valence-corrected chi connectivity index (χ1v) is 7.59. The maximum atomic E-state index is 12.1.